The number of carbonyl (C=O) groups is 1. The average molecular weight is 348 g/mol. The smallest absolute Gasteiger partial charge is 0.223 e. The summed E-state index contributed by atoms with van der Waals surface area (Å²) in [7, 11) is 0. The summed E-state index contributed by atoms with van der Waals surface area (Å²) in [5, 5.41) is 3.73. The van der Waals surface area contributed by atoms with Gasteiger partial charge in [-0.1, -0.05) is 11.6 Å². The second kappa shape index (κ2) is 7.71. The molecule has 1 atom stereocenters. The molecule has 0 radical (unpaired) electrons. The standard InChI is InChI=1S/C18H22ClN3O2/c1-2-24-17-4-3-15(19)9-13(17)5-7-21-18(23)14-6-8-22-12-20-11-16(22)10-14/h3-4,9,11-12,14H,2,5-8,10H2,1H3,(H,21,23). The lowest BCUT2D eigenvalue weighted by atomic mass is 9.95. The first-order chi connectivity index (χ1) is 11.7. The van der Waals surface area contributed by atoms with Crippen LogP contribution in [0.4, 0.5) is 0 Å². The number of hydrogen-bond donors (Lipinski definition) is 1. The molecule has 1 aromatic heterocycles. The molecule has 1 aliphatic heterocycles. The predicted octanol–water partition coefficient (Wildman–Crippen LogP) is 2.86. The van der Waals surface area contributed by atoms with Crippen LogP contribution in [0.5, 0.6) is 5.75 Å². The highest BCUT2D eigenvalue weighted by atomic mass is 35.5. The Morgan fingerprint density at radius 1 is 1.50 bits per heavy atom. The number of aryl methyl sites for hydroxylation is 1. The Hall–Kier alpha value is -2.01. The van der Waals surface area contributed by atoms with Crippen LogP contribution in [-0.4, -0.2) is 28.6 Å². The summed E-state index contributed by atoms with van der Waals surface area (Å²) in [4.78, 5) is 16.5. The van der Waals surface area contributed by atoms with Gasteiger partial charge in [0.15, 0.2) is 0 Å². The first-order valence-corrected chi connectivity index (χ1v) is 8.73. The fourth-order valence-electron chi connectivity index (χ4n) is 3.10. The summed E-state index contributed by atoms with van der Waals surface area (Å²) in [5.41, 5.74) is 2.15. The fourth-order valence-corrected chi connectivity index (χ4v) is 3.29. The molecule has 0 bridgehead atoms. The van der Waals surface area contributed by atoms with Gasteiger partial charge in [0, 0.05) is 42.3 Å². The fraction of sp³-hybridized carbons (Fsp3) is 0.444. The van der Waals surface area contributed by atoms with Gasteiger partial charge < -0.3 is 14.6 Å². The normalized spacial score (nSPS) is 16.5. The number of benzene rings is 1. The molecule has 1 aromatic carbocycles. The Kier molecular flexibility index (Phi) is 5.41. The molecule has 1 N–H and O–H groups in total. The summed E-state index contributed by atoms with van der Waals surface area (Å²) in [5.74, 6) is 0.972. The Morgan fingerprint density at radius 2 is 2.38 bits per heavy atom. The van der Waals surface area contributed by atoms with Gasteiger partial charge in [0.05, 0.1) is 12.9 Å². The summed E-state index contributed by atoms with van der Waals surface area (Å²) in [6, 6.07) is 5.60. The lowest BCUT2D eigenvalue weighted by Crippen LogP contribution is -2.36. The number of fused-ring (bicyclic) bond motifs is 1. The number of nitrogens with zero attached hydrogens (tertiary/aromatic N) is 2. The van der Waals surface area contributed by atoms with Crippen molar-refractivity contribution in [2.45, 2.75) is 32.7 Å². The van der Waals surface area contributed by atoms with E-state index >= 15 is 0 Å². The zero-order valence-corrected chi connectivity index (χ0v) is 14.6. The minimum absolute atomic E-state index is 0.0277. The van der Waals surface area contributed by atoms with Crippen molar-refractivity contribution in [3.8, 4) is 5.75 Å². The van der Waals surface area contributed by atoms with Crippen LogP contribution in [0.2, 0.25) is 5.02 Å². The number of carbonyl (C=O) groups excluding carboxylic acids is 1. The molecule has 128 valence electrons. The summed E-state index contributed by atoms with van der Waals surface area (Å²) in [6.45, 7) is 4.00. The number of rotatable bonds is 6. The van der Waals surface area contributed by atoms with Crippen LogP contribution in [0.3, 0.4) is 0 Å². The summed E-state index contributed by atoms with van der Waals surface area (Å²) < 4.78 is 7.73. The van der Waals surface area contributed by atoms with E-state index in [9.17, 15) is 4.79 Å². The topological polar surface area (TPSA) is 56.1 Å². The van der Waals surface area contributed by atoms with Gasteiger partial charge in [-0.25, -0.2) is 4.98 Å². The molecular formula is C18H22ClN3O2. The zero-order valence-electron chi connectivity index (χ0n) is 13.8. The van der Waals surface area contributed by atoms with Gasteiger partial charge in [-0.3, -0.25) is 4.79 Å². The third-order valence-corrected chi connectivity index (χ3v) is 4.59. The van der Waals surface area contributed by atoms with Crippen molar-refractivity contribution in [2.75, 3.05) is 13.2 Å². The molecule has 1 aliphatic rings. The molecule has 2 aromatic rings. The third-order valence-electron chi connectivity index (χ3n) is 4.36. The van der Waals surface area contributed by atoms with E-state index in [0.29, 0.717) is 24.6 Å². The summed E-state index contributed by atoms with van der Waals surface area (Å²) >= 11 is 6.07. The Balaban J connectivity index is 1.53. The molecule has 6 heteroatoms. The maximum Gasteiger partial charge on any atom is 0.223 e. The van der Waals surface area contributed by atoms with E-state index in [1.165, 1.54) is 0 Å². The largest absolute Gasteiger partial charge is 0.494 e. The van der Waals surface area contributed by atoms with Gasteiger partial charge in [-0.15, -0.1) is 0 Å². The lowest BCUT2D eigenvalue weighted by molar-refractivity contribution is -0.125. The highest BCUT2D eigenvalue weighted by molar-refractivity contribution is 6.30. The Bertz CT molecular complexity index is 714. The van der Waals surface area contributed by atoms with Gasteiger partial charge >= 0.3 is 0 Å². The minimum Gasteiger partial charge on any atom is -0.494 e. The van der Waals surface area contributed by atoms with Gasteiger partial charge in [-0.2, -0.15) is 0 Å². The number of nitrogens with one attached hydrogen (secondary N) is 1. The monoisotopic (exact) mass is 347 g/mol. The average Bonchev–Trinajstić information content (AvgIpc) is 3.05. The number of amides is 1. The highest BCUT2D eigenvalue weighted by Crippen LogP contribution is 2.24. The molecule has 24 heavy (non-hydrogen) atoms. The quantitative estimate of drug-likeness (QED) is 0.874. The molecule has 3 rings (SSSR count). The second-order valence-corrected chi connectivity index (χ2v) is 6.43. The zero-order chi connectivity index (χ0) is 16.9. The predicted molar refractivity (Wildman–Crippen MR) is 93.4 cm³/mol. The summed E-state index contributed by atoms with van der Waals surface area (Å²) in [6.07, 6.45) is 5.99. The van der Waals surface area contributed by atoms with Crippen molar-refractivity contribution in [3.63, 3.8) is 0 Å². The SMILES string of the molecule is CCOc1ccc(Cl)cc1CCNC(=O)C1CCn2cncc2C1. The second-order valence-electron chi connectivity index (χ2n) is 5.99. The van der Waals surface area contributed by atoms with Crippen LogP contribution in [0, 0.1) is 5.92 Å². The number of ether oxygens (including phenoxy) is 1. The van der Waals surface area contributed by atoms with Gasteiger partial charge in [0.1, 0.15) is 5.75 Å². The van der Waals surface area contributed by atoms with Crippen molar-refractivity contribution >= 4 is 17.5 Å². The number of halogens is 1. The van der Waals surface area contributed by atoms with Crippen molar-refractivity contribution in [1.29, 1.82) is 0 Å². The lowest BCUT2D eigenvalue weighted by Gasteiger charge is -2.23. The number of aromatic nitrogens is 2. The van der Waals surface area contributed by atoms with Gasteiger partial charge in [0.2, 0.25) is 5.91 Å². The van der Waals surface area contributed by atoms with Crippen LogP contribution in [0.15, 0.2) is 30.7 Å². The Labute approximate surface area is 147 Å². The van der Waals surface area contributed by atoms with Crippen LogP contribution >= 0.6 is 11.6 Å². The molecule has 0 fully saturated rings. The van der Waals surface area contributed by atoms with E-state index in [1.807, 2.05) is 37.6 Å². The van der Waals surface area contributed by atoms with Gasteiger partial charge in [-0.05, 0) is 43.5 Å². The maximum absolute atomic E-state index is 12.4. The van der Waals surface area contributed by atoms with E-state index in [0.717, 1.165) is 36.4 Å². The number of imidazole rings is 1. The Morgan fingerprint density at radius 3 is 3.21 bits per heavy atom. The molecule has 0 aliphatic carbocycles. The first kappa shape index (κ1) is 16.8. The molecule has 5 nitrogen and oxygen atoms in total. The van der Waals surface area contributed by atoms with E-state index < -0.39 is 0 Å². The molecule has 0 saturated heterocycles. The van der Waals surface area contributed by atoms with E-state index in [1.54, 1.807) is 0 Å². The molecule has 1 amide bonds. The van der Waals surface area contributed by atoms with Crippen LogP contribution in [-0.2, 0) is 24.2 Å². The van der Waals surface area contributed by atoms with Crippen molar-refractivity contribution < 1.29 is 9.53 Å². The molecule has 0 spiro atoms. The maximum atomic E-state index is 12.4. The van der Waals surface area contributed by atoms with Crippen molar-refractivity contribution in [1.82, 2.24) is 14.9 Å². The van der Waals surface area contributed by atoms with Crippen molar-refractivity contribution in [2.24, 2.45) is 5.92 Å². The van der Waals surface area contributed by atoms with Gasteiger partial charge in [0.25, 0.3) is 0 Å². The molecule has 1 unspecified atom stereocenters. The molecule has 0 saturated carbocycles. The van der Waals surface area contributed by atoms with E-state index in [-0.39, 0.29) is 11.8 Å². The first-order valence-electron chi connectivity index (χ1n) is 8.35. The highest BCUT2D eigenvalue weighted by Gasteiger charge is 2.24. The van der Waals surface area contributed by atoms with Crippen LogP contribution in [0.1, 0.15) is 24.6 Å². The van der Waals surface area contributed by atoms with E-state index in [2.05, 4.69) is 14.9 Å². The van der Waals surface area contributed by atoms with Crippen LogP contribution < -0.4 is 10.1 Å². The number of hydrogen-bond acceptors (Lipinski definition) is 3. The van der Waals surface area contributed by atoms with Crippen molar-refractivity contribution in [3.05, 3.63) is 47.0 Å². The minimum atomic E-state index is 0.0277. The van der Waals surface area contributed by atoms with Crippen LogP contribution in [0.25, 0.3) is 0 Å². The third kappa shape index (κ3) is 3.90. The van der Waals surface area contributed by atoms with E-state index in [4.69, 9.17) is 16.3 Å². The molecule has 2 heterocycles. The molecular weight excluding hydrogens is 326 g/mol.